The van der Waals surface area contributed by atoms with Crippen LogP contribution < -0.4 is 14.8 Å². The molecule has 0 radical (unpaired) electrons. The van der Waals surface area contributed by atoms with Gasteiger partial charge in [-0.2, -0.15) is 9.97 Å². The van der Waals surface area contributed by atoms with Crippen LogP contribution in [-0.2, 0) is 6.54 Å². The summed E-state index contributed by atoms with van der Waals surface area (Å²) in [4.78, 5) is 11.6. The Morgan fingerprint density at radius 1 is 1.21 bits per heavy atom. The lowest BCUT2D eigenvalue weighted by Gasteiger charge is -2.06. The molecular formula is C12H13ClN4O2. The van der Waals surface area contributed by atoms with Gasteiger partial charge in [0.25, 0.3) is 0 Å². The van der Waals surface area contributed by atoms with Crippen LogP contribution in [0.5, 0.6) is 17.8 Å². The lowest BCUT2D eigenvalue weighted by atomic mass is 10.2. The number of aromatic nitrogens is 3. The van der Waals surface area contributed by atoms with Gasteiger partial charge in [0.1, 0.15) is 5.75 Å². The van der Waals surface area contributed by atoms with Crippen molar-refractivity contribution in [2.45, 2.75) is 6.54 Å². The third-order valence-corrected chi connectivity index (χ3v) is 2.41. The van der Waals surface area contributed by atoms with E-state index in [4.69, 9.17) is 21.1 Å². The average molecular weight is 281 g/mol. The van der Waals surface area contributed by atoms with Gasteiger partial charge in [-0.15, -0.1) is 4.98 Å². The summed E-state index contributed by atoms with van der Waals surface area (Å²) in [6.45, 7) is 0.748. The van der Waals surface area contributed by atoms with E-state index in [1.54, 1.807) is 0 Å². The molecule has 0 fully saturated rings. The molecule has 0 saturated carbocycles. The Labute approximate surface area is 115 Å². The van der Waals surface area contributed by atoms with Crippen LogP contribution in [0.2, 0.25) is 5.28 Å². The van der Waals surface area contributed by atoms with Crippen molar-refractivity contribution in [3.63, 3.8) is 0 Å². The van der Waals surface area contributed by atoms with Crippen LogP contribution in [0.1, 0.15) is 5.56 Å². The average Bonchev–Trinajstić information content (AvgIpc) is 2.39. The highest BCUT2D eigenvalue weighted by Crippen LogP contribution is 2.21. The molecule has 1 aromatic heterocycles. The van der Waals surface area contributed by atoms with E-state index < -0.39 is 0 Å². The van der Waals surface area contributed by atoms with Crippen molar-refractivity contribution in [2.75, 3.05) is 14.2 Å². The Bertz CT molecular complexity index is 565. The quantitative estimate of drug-likeness (QED) is 0.904. The Balaban J connectivity index is 2.20. The minimum atomic E-state index is 0.0215. The van der Waals surface area contributed by atoms with E-state index in [2.05, 4.69) is 20.3 Å². The zero-order chi connectivity index (χ0) is 13.7. The molecule has 1 aromatic carbocycles. The first-order valence-electron chi connectivity index (χ1n) is 5.58. The fraction of sp³-hybridized carbons (Fsp3) is 0.250. The fourth-order valence-electron chi connectivity index (χ4n) is 1.48. The van der Waals surface area contributed by atoms with Gasteiger partial charge in [0.15, 0.2) is 0 Å². The summed E-state index contributed by atoms with van der Waals surface area (Å²) in [6.07, 6.45) is 0. The van der Waals surface area contributed by atoms with E-state index in [1.165, 1.54) is 7.11 Å². The van der Waals surface area contributed by atoms with Crippen molar-refractivity contribution in [1.82, 2.24) is 20.3 Å². The molecule has 0 aliphatic rings. The molecule has 6 nitrogen and oxygen atoms in total. The molecule has 0 amide bonds. The van der Waals surface area contributed by atoms with Crippen molar-refractivity contribution in [1.29, 1.82) is 0 Å². The maximum Gasteiger partial charge on any atom is 0.329 e. The lowest BCUT2D eigenvalue weighted by Crippen LogP contribution is -2.05. The normalized spacial score (nSPS) is 10.3. The Kier molecular flexibility index (Phi) is 4.48. The molecule has 2 aromatic rings. The van der Waals surface area contributed by atoms with Gasteiger partial charge in [-0.1, -0.05) is 12.1 Å². The number of benzene rings is 1. The van der Waals surface area contributed by atoms with Gasteiger partial charge in [-0.3, -0.25) is 0 Å². The molecular weight excluding hydrogens is 268 g/mol. The second-order valence-electron chi connectivity index (χ2n) is 3.65. The molecule has 19 heavy (non-hydrogen) atoms. The van der Waals surface area contributed by atoms with E-state index in [0.29, 0.717) is 5.75 Å². The fourth-order valence-corrected chi connectivity index (χ4v) is 1.62. The molecule has 0 bridgehead atoms. The maximum atomic E-state index is 5.74. The number of nitrogens with zero attached hydrogens (tertiary/aromatic N) is 3. The number of halogens is 1. The molecule has 0 aliphatic heterocycles. The summed E-state index contributed by atoms with van der Waals surface area (Å²) < 4.78 is 10.4. The number of rotatable bonds is 5. The molecule has 0 spiro atoms. The standard InChI is InChI=1S/C12H13ClN4O2/c1-14-7-8-4-3-5-9(6-8)19-12-16-10(13)15-11(17-12)18-2/h3-6,14H,7H2,1-2H3. The van der Waals surface area contributed by atoms with E-state index in [-0.39, 0.29) is 17.3 Å². The molecule has 1 heterocycles. The third-order valence-electron chi connectivity index (χ3n) is 2.24. The highest BCUT2D eigenvalue weighted by molar-refractivity contribution is 6.28. The Morgan fingerprint density at radius 3 is 2.74 bits per heavy atom. The van der Waals surface area contributed by atoms with E-state index >= 15 is 0 Å². The Morgan fingerprint density at radius 2 is 2.00 bits per heavy atom. The predicted molar refractivity (Wildman–Crippen MR) is 70.7 cm³/mol. The lowest BCUT2D eigenvalue weighted by molar-refractivity contribution is 0.359. The monoisotopic (exact) mass is 280 g/mol. The van der Waals surface area contributed by atoms with E-state index in [0.717, 1.165) is 12.1 Å². The van der Waals surface area contributed by atoms with Gasteiger partial charge in [-0.25, -0.2) is 0 Å². The second kappa shape index (κ2) is 6.31. The van der Waals surface area contributed by atoms with Crippen LogP contribution >= 0.6 is 11.6 Å². The summed E-state index contributed by atoms with van der Waals surface area (Å²) in [6, 6.07) is 7.79. The number of ether oxygens (including phenoxy) is 2. The van der Waals surface area contributed by atoms with Gasteiger partial charge in [-0.05, 0) is 36.3 Å². The summed E-state index contributed by atoms with van der Waals surface area (Å²) in [7, 11) is 3.33. The molecule has 100 valence electrons. The smallest absolute Gasteiger partial charge is 0.329 e. The van der Waals surface area contributed by atoms with E-state index in [9.17, 15) is 0 Å². The number of hydrogen-bond donors (Lipinski definition) is 1. The summed E-state index contributed by atoms with van der Waals surface area (Å²) >= 11 is 5.74. The predicted octanol–water partition coefficient (Wildman–Crippen LogP) is 2.05. The van der Waals surface area contributed by atoms with Crippen LogP contribution in [0, 0.1) is 0 Å². The second-order valence-corrected chi connectivity index (χ2v) is 3.99. The third kappa shape index (κ3) is 3.77. The molecule has 0 unspecified atom stereocenters. The van der Waals surface area contributed by atoms with Gasteiger partial charge < -0.3 is 14.8 Å². The first-order valence-corrected chi connectivity index (χ1v) is 5.96. The first kappa shape index (κ1) is 13.5. The topological polar surface area (TPSA) is 69.2 Å². The van der Waals surface area contributed by atoms with Crippen LogP contribution in [0.15, 0.2) is 24.3 Å². The molecule has 2 rings (SSSR count). The van der Waals surface area contributed by atoms with Crippen LogP contribution in [0.25, 0.3) is 0 Å². The SMILES string of the molecule is CNCc1cccc(Oc2nc(Cl)nc(OC)n2)c1. The van der Waals surface area contributed by atoms with Crippen molar-refractivity contribution < 1.29 is 9.47 Å². The molecule has 7 heteroatoms. The van der Waals surface area contributed by atoms with Gasteiger partial charge in [0.05, 0.1) is 7.11 Å². The minimum Gasteiger partial charge on any atom is -0.467 e. The van der Waals surface area contributed by atoms with Crippen LogP contribution in [-0.4, -0.2) is 29.1 Å². The zero-order valence-corrected chi connectivity index (χ0v) is 11.3. The number of nitrogens with one attached hydrogen (secondary N) is 1. The first-order chi connectivity index (χ1) is 9.21. The van der Waals surface area contributed by atoms with Crippen molar-refractivity contribution in [3.8, 4) is 17.8 Å². The van der Waals surface area contributed by atoms with Gasteiger partial charge in [0, 0.05) is 6.54 Å². The van der Waals surface area contributed by atoms with Crippen molar-refractivity contribution >= 4 is 11.6 Å². The van der Waals surface area contributed by atoms with Crippen LogP contribution in [0.4, 0.5) is 0 Å². The number of methoxy groups -OCH3 is 1. The van der Waals surface area contributed by atoms with Gasteiger partial charge in [0.2, 0.25) is 5.28 Å². The maximum absolute atomic E-state index is 5.74. The van der Waals surface area contributed by atoms with Crippen LogP contribution in [0.3, 0.4) is 0 Å². The summed E-state index contributed by atoms with van der Waals surface area (Å²) in [5, 5.41) is 3.09. The summed E-state index contributed by atoms with van der Waals surface area (Å²) in [5.41, 5.74) is 1.09. The molecule has 0 aliphatic carbocycles. The highest BCUT2D eigenvalue weighted by Gasteiger charge is 2.07. The van der Waals surface area contributed by atoms with Gasteiger partial charge >= 0.3 is 12.0 Å². The van der Waals surface area contributed by atoms with E-state index in [1.807, 2.05) is 31.3 Å². The molecule has 0 saturated heterocycles. The summed E-state index contributed by atoms with van der Waals surface area (Å²) in [5.74, 6) is 0.622. The molecule has 0 atom stereocenters. The van der Waals surface area contributed by atoms with Crippen molar-refractivity contribution in [3.05, 3.63) is 35.1 Å². The zero-order valence-electron chi connectivity index (χ0n) is 10.6. The minimum absolute atomic E-state index is 0.0215. The largest absolute Gasteiger partial charge is 0.467 e. The van der Waals surface area contributed by atoms with Crippen molar-refractivity contribution in [2.24, 2.45) is 0 Å². The molecule has 1 N–H and O–H groups in total. The Hall–Kier alpha value is -1.92. The highest BCUT2D eigenvalue weighted by atomic mass is 35.5. The number of hydrogen-bond acceptors (Lipinski definition) is 6.